The van der Waals surface area contributed by atoms with Gasteiger partial charge in [0.15, 0.2) is 0 Å². The van der Waals surface area contributed by atoms with Gasteiger partial charge in [-0.15, -0.1) is 0 Å². The van der Waals surface area contributed by atoms with Gasteiger partial charge in [0.1, 0.15) is 6.04 Å². The molecule has 0 aromatic heterocycles. The summed E-state index contributed by atoms with van der Waals surface area (Å²) in [5.74, 6) is -0.848. The molecule has 0 aliphatic carbocycles. The molecule has 8 heteroatoms. The van der Waals surface area contributed by atoms with Crippen molar-refractivity contribution in [2.75, 3.05) is 13.1 Å². The molecular weight excluding hydrogens is 348 g/mol. The highest BCUT2D eigenvalue weighted by atomic mass is 16.3. The molecule has 0 bridgehead atoms. The van der Waals surface area contributed by atoms with E-state index in [1.807, 2.05) is 12.1 Å². The first kappa shape index (κ1) is 18.1. The summed E-state index contributed by atoms with van der Waals surface area (Å²) in [6.07, 6.45) is 1.02. The maximum Gasteiger partial charge on any atom is 0.255 e. The van der Waals surface area contributed by atoms with Crippen LogP contribution in [-0.2, 0) is 22.7 Å². The highest BCUT2D eigenvalue weighted by Gasteiger charge is 2.39. The predicted octanol–water partition coefficient (Wildman–Crippen LogP) is -0.740. The number of nitrogens with one attached hydrogen (secondary N) is 3. The minimum absolute atomic E-state index is 0.0189. The number of hydrogen-bond acceptors (Lipinski definition) is 6. The summed E-state index contributed by atoms with van der Waals surface area (Å²) >= 11 is 0. The molecule has 3 atom stereocenters. The number of rotatable bonds is 4. The summed E-state index contributed by atoms with van der Waals surface area (Å²) in [6, 6.07) is 5.02. The minimum Gasteiger partial charge on any atom is -0.390 e. The second-order valence-corrected chi connectivity index (χ2v) is 7.39. The number of piperidine rings is 2. The molecule has 27 heavy (non-hydrogen) atoms. The standard InChI is InChI=1S/C19H24N4O4/c24-16-9-20-7-6-14(16)21-8-11-2-1-3-12-13(11)10-23(19(12)27)15-4-5-17(25)22-18(15)26/h1-3,14-16,20-21,24H,4-10H2,(H,22,25,26). The summed E-state index contributed by atoms with van der Waals surface area (Å²) < 4.78 is 0. The predicted molar refractivity (Wildman–Crippen MR) is 96.6 cm³/mol. The van der Waals surface area contributed by atoms with E-state index in [2.05, 4.69) is 16.0 Å². The Kier molecular flexibility index (Phi) is 4.94. The highest BCUT2D eigenvalue weighted by molar-refractivity contribution is 6.05. The topological polar surface area (TPSA) is 111 Å². The van der Waals surface area contributed by atoms with Crippen molar-refractivity contribution in [2.24, 2.45) is 0 Å². The minimum atomic E-state index is -0.602. The molecule has 2 fully saturated rings. The van der Waals surface area contributed by atoms with Crippen molar-refractivity contribution in [3.05, 3.63) is 34.9 Å². The van der Waals surface area contributed by atoms with Crippen LogP contribution in [-0.4, -0.2) is 59.0 Å². The van der Waals surface area contributed by atoms with Gasteiger partial charge in [-0.1, -0.05) is 12.1 Å². The lowest BCUT2D eigenvalue weighted by Crippen LogP contribution is -2.52. The summed E-state index contributed by atoms with van der Waals surface area (Å²) in [6.45, 7) is 2.37. The lowest BCUT2D eigenvalue weighted by molar-refractivity contribution is -0.136. The van der Waals surface area contributed by atoms with Crippen LogP contribution in [0.1, 0.15) is 40.7 Å². The first-order chi connectivity index (χ1) is 13.0. The summed E-state index contributed by atoms with van der Waals surface area (Å²) in [5.41, 5.74) is 2.54. The Morgan fingerprint density at radius 1 is 1.22 bits per heavy atom. The number of imide groups is 1. The smallest absolute Gasteiger partial charge is 0.255 e. The number of nitrogens with zero attached hydrogens (tertiary/aromatic N) is 1. The zero-order valence-electron chi connectivity index (χ0n) is 15.0. The molecule has 1 aromatic rings. The van der Waals surface area contributed by atoms with Crippen LogP contribution in [0.15, 0.2) is 18.2 Å². The molecule has 4 N–H and O–H groups in total. The molecule has 0 radical (unpaired) electrons. The van der Waals surface area contributed by atoms with Crippen LogP contribution in [0.5, 0.6) is 0 Å². The van der Waals surface area contributed by atoms with Crippen molar-refractivity contribution in [1.82, 2.24) is 20.9 Å². The van der Waals surface area contributed by atoms with Crippen LogP contribution in [0.3, 0.4) is 0 Å². The van der Waals surface area contributed by atoms with Crippen LogP contribution in [0, 0.1) is 0 Å². The van der Waals surface area contributed by atoms with Gasteiger partial charge < -0.3 is 20.6 Å². The van der Waals surface area contributed by atoms with Crippen LogP contribution in [0.4, 0.5) is 0 Å². The van der Waals surface area contributed by atoms with Crippen LogP contribution in [0.25, 0.3) is 0 Å². The number of β-amino-alcohol motifs (C(OH)–C–C–N with tert-alkyl or cyclic N) is 1. The number of fused-ring (bicyclic) bond motifs is 1. The van der Waals surface area contributed by atoms with Crippen molar-refractivity contribution in [3.63, 3.8) is 0 Å². The van der Waals surface area contributed by atoms with Crippen molar-refractivity contribution in [1.29, 1.82) is 0 Å². The third kappa shape index (κ3) is 3.47. The molecule has 3 aliphatic rings. The van der Waals surface area contributed by atoms with Crippen molar-refractivity contribution < 1.29 is 19.5 Å². The third-order valence-electron chi connectivity index (χ3n) is 5.68. The molecule has 3 aliphatic heterocycles. The quantitative estimate of drug-likeness (QED) is 0.518. The lowest BCUT2D eigenvalue weighted by Gasteiger charge is -2.30. The fraction of sp³-hybridized carbons (Fsp3) is 0.526. The van der Waals surface area contributed by atoms with E-state index in [0.717, 1.165) is 24.1 Å². The van der Waals surface area contributed by atoms with Crippen molar-refractivity contribution in [3.8, 4) is 0 Å². The molecule has 0 spiro atoms. The van der Waals surface area contributed by atoms with Gasteiger partial charge in [-0.3, -0.25) is 19.7 Å². The Hall–Kier alpha value is -2.29. The molecule has 1 aromatic carbocycles. The van der Waals surface area contributed by atoms with E-state index in [0.29, 0.717) is 31.6 Å². The maximum atomic E-state index is 12.8. The SMILES string of the molecule is O=C1CCC(N2Cc3c(CNC4CCNCC4O)cccc3C2=O)C(=O)N1. The van der Waals surface area contributed by atoms with Gasteiger partial charge >= 0.3 is 0 Å². The summed E-state index contributed by atoms with van der Waals surface area (Å²) in [5, 5.41) is 19.0. The highest BCUT2D eigenvalue weighted by Crippen LogP contribution is 2.29. The van der Waals surface area contributed by atoms with E-state index >= 15 is 0 Å². The first-order valence-electron chi connectivity index (χ1n) is 9.42. The second-order valence-electron chi connectivity index (χ2n) is 7.39. The second kappa shape index (κ2) is 7.38. The van der Waals surface area contributed by atoms with E-state index in [9.17, 15) is 19.5 Å². The molecule has 0 saturated carbocycles. The first-order valence-corrected chi connectivity index (χ1v) is 9.42. The fourth-order valence-corrected chi connectivity index (χ4v) is 4.14. The number of hydrogen-bond donors (Lipinski definition) is 4. The molecule has 3 heterocycles. The molecule has 4 rings (SSSR count). The molecule has 3 unspecified atom stereocenters. The number of aliphatic hydroxyl groups excluding tert-OH is 1. The fourth-order valence-electron chi connectivity index (χ4n) is 4.14. The van der Waals surface area contributed by atoms with Gasteiger partial charge in [0.25, 0.3) is 5.91 Å². The largest absolute Gasteiger partial charge is 0.390 e. The van der Waals surface area contributed by atoms with Gasteiger partial charge in [0.05, 0.1) is 6.10 Å². The number of carbonyl (C=O) groups is 3. The van der Waals surface area contributed by atoms with E-state index < -0.39 is 18.1 Å². The Bertz CT molecular complexity index is 781. The Morgan fingerprint density at radius 2 is 2.07 bits per heavy atom. The lowest BCUT2D eigenvalue weighted by atomic mass is 10.0. The van der Waals surface area contributed by atoms with Crippen LogP contribution < -0.4 is 16.0 Å². The number of amides is 3. The average Bonchev–Trinajstić information content (AvgIpc) is 2.98. The molecule has 2 saturated heterocycles. The summed E-state index contributed by atoms with van der Waals surface area (Å²) in [7, 11) is 0. The van der Waals surface area contributed by atoms with E-state index in [4.69, 9.17) is 0 Å². The summed E-state index contributed by atoms with van der Waals surface area (Å²) in [4.78, 5) is 37.9. The van der Waals surface area contributed by atoms with E-state index in [1.165, 1.54) is 0 Å². The average molecular weight is 372 g/mol. The normalized spacial score (nSPS) is 28.3. The Balaban J connectivity index is 1.49. The van der Waals surface area contributed by atoms with Gasteiger partial charge in [-0.2, -0.15) is 0 Å². The van der Waals surface area contributed by atoms with Crippen LogP contribution >= 0.6 is 0 Å². The number of carbonyl (C=O) groups excluding carboxylic acids is 3. The molecular formula is C19H24N4O4. The van der Waals surface area contributed by atoms with E-state index in [-0.39, 0.29) is 24.3 Å². The van der Waals surface area contributed by atoms with Gasteiger partial charge in [0.2, 0.25) is 11.8 Å². The third-order valence-corrected chi connectivity index (χ3v) is 5.68. The molecule has 3 amide bonds. The Labute approximate surface area is 157 Å². The van der Waals surface area contributed by atoms with Crippen molar-refractivity contribution >= 4 is 17.7 Å². The monoisotopic (exact) mass is 372 g/mol. The molecule has 144 valence electrons. The zero-order valence-corrected chi connectivity index (χ0v) is 15.0. The zero-order chi connectivity index (χ0) is 19.0. The van der Waals surface area contributed by atoms with Crippen LogP contribution in [0.2, 0.25) is 0 Å². The number of benzene rings is 1. The van der Waals surface area contributed by atoms with Gasteiger partial charge in [0, 0.05) is 37.7 Å². The van der Waals surface area contributed by atoms with Gasteiger partial charge in [-0.25, -0.2) is 0 Å². The van der Waals surface area contributed by atoms with Crippen molar-refractivity contribution in [2.45, 2.75) is 50.5 Å². The molecule has 8 nitrogen and oxygen atoms in total. The van der Waals surface area contributed by atoms with Gasteiger partial charge in [-0.05, 0) is 36.6 Å². The number of aliphatic hydroxyl groups is 1. The maximum absolute atomic E-state index is 12.8. The Morgan fingerprint density at radius 3 is 2.85 bits per heavy atom. The van der Waals surface area contributed by atoms with E-state index in [1.54, 1.807) is 11.0 Å².